The number of esters is 1. The second-order valence-corrected chi connectivity index (χ2v) is 13.5. The average Bonchev–Trinajstić information content (AvgIpc) is 3.25. The van der Waals surface area contributed by atoms with Gasteiger partial charge in [-0.15, -0.1) is 0 Å². The monoisotopic (exact) mass is 787 g/mol. The second-order valence-electron chi connectivity index (χ2n) is 13.5. The number of nitrogens with one attached hydrogen (secondary N) is 1. The van der Waals surface area contributed by atoms with E-state index in [0.29, 0.717) is 18.1 Å². The van der Waals surface area contributed by atoms with Gasteiger partial charge in [0.05, 0.1) is 92.9 Å². The number of ether oxygens (including phenoxy) is 10. The SMILES string of the molecule is COC(=O)[C@]1(OCc2ccc(OC)cc2)C[C@H](OCc2ccc(OC)cc2)[C@@H](NC(C)=O)[C@H](C[C@@H](COCc2ccc(OC)cc2)OCc2ccc(OC)cc2)O1. The van der Waals surface area contributed by atoms with Crippen molar-refractivity contribution >= 4 is 11.9 Å². The molecule has 1 heterocycles. The lowest BCUT2D eigenvalue weighted by Crippen LogP contribution is -2.65. The molecule has 4 aromatic carbocycles. The lowest BCUT2D eigenvalue weighted by Gasteiger charge is -2.47. The minimum atomic E-state index is -1.91. The molecule has 1 aliphatic rings. The van der Waals surface area contributed by atoms with Gasteiger partial charge in [-0.25, -0.2) is 4.79 Å². The first-order valence-corrected chi connectivity index (χ1v) is 18.7. The maximum Gasteiger partial charge on any atom is 0.366 e. The van der Waals surface area contributed by atoms with Crippen LogP contribution in [0.15, 0.2) is 97.1 Å². The van der Waals surface area contributed by atoms with Gasteiger partial charge in [0.15, 0.2) is 0 Å². The van der Waals surface area contributed by atoms with Crippen molar-refractivity contribution in [1.29, 1.82) is 0 Å². The Morgan fingerprint density at radius 2 is 1.12 bits per heavy atom. The van der Waals surface area contributed by atoms with E-state index in [1.807, 2.05) is 84.9 Å². The van der Waals surface area contributed by atoms with Crippen LogP contribution in [0.2, 0.25) is 0 Å². The predicted octanol–water partition coefficient (Wildman–Crippen LogP) is 6.18. The van der Waals surface area contributed by atoms with Gasteiger partial charge in [-0.1, -0.05) is 48.5 Å². The van der Waals surface area contributed by atoms with Crippen LogP contribution in [-0.2, 0) is 64.4 Å². The average molecular weight is 788 g/mol. The smallest absolute Gasteiger partial charge is 0.366 e. The molecule has 0 unspecified atom stereocenters. The van der Waals surface area contributed by atoms with Crippen LogP contribution in [0.1, 0.15) is 42.0 Å². The number of carbonyl (C=O) groups is 2. The summed E-state index contributed by atoms with van der Waals surface area (Å²) in [6, 6.07) is 29.2. The van der Waals surface area contributed by atoms with Crippen molar-refractivity contribution in [2.24, 2.45) is 0 Å². The third-order valence-electron chi connectivity index (χ3n) is 9.60. The fourth-order valence-electron chi connectivity index (χ4n) is 6.47. The summed E-state index contributed by atoms with van der Waals surface area (Å²) in [4.78, 5) is 26.7. The molecule has 0 bridgehead atoms. The molecule has 0 saturated carbocycles. The lowest BCUT2D eigenvalue weighted by molar-refractivity contribution is -0.308. The van der Waals surface area contributed by atoms with Crippen molar-refractivity contribution < 1.29 is 57.0 Å². The van der Waals surface area contributed by atoms with Gasteiger partial charge >= 0.3 is 5.97 Å². The summed E-state index contributed by atoms with van der Waals surface area (Å²) in [6.45, 7) is 2.29. The van der Waals surface area contributed by atoms with E-state index >= 15 is 0 Å². The molecule has 4 aromatic rings. The van der Waals surface area contributed by atoms with Crippen molar-refractivity contribution in [2.75, 3.05) is 42.2 Å². The summed E-state index contributed by atoms with van der Waals surface area (Å²) in [5, 5.41) is 3.05. The zero-order chi connectivity index (χ0) is 40.6. The first-order valence-electron chi connectivity index (χ1n) is 18.7. The molecule has 1 fully saturated rings. The quantitative estimate of drug-likeness (QED) is 0.0966. The Morgan fingerprint density at radius 1 is 0.667 bits per heavy atom. The van der Waals surface area contributed by atoms with E-state index in [9.17, 15) is 9.59 Å². The van der Waals surface area contributed by atoms with Gasteiger partial charge in [0, 0.05) is 19.8 Å². The van der Waals surface area contributed by atoms with Gasteiger partial charge in [-0.05, 0) is 70.8 Å². The maximum absolute atomic E-state index is 13.9. The molecule has 1 amide bonds. The first-order chi connectivity index (χ1) is 27.7. The van der Waals surface area contributed by atoms with Crippen LogP contribution in [0.5, 0.6) is 23.0 Å². The van der Waals surface area contributed by atoms with Crippen LogP contribution in [0.3, 0.4) is 0 Å². The van der Waals surface area contributed by atoms with Gasteiger partial charge in [0.2, 0.25) is 5.91 Å². The third kappa shape index (κ3) is 12.4. The lowest BCUT2D eigenvalue weighted by atomic mass is 9.89. The fourth-order valence-corrected chi connectivity index (χ4v) is 6.47. The van der Waals surface area contributed by atoms with E-state index in [2.05, 4.69) is 5.32 Å². The van der Waals surface area contributed by atoms with E-state index in [4.69, 9.17) is 47.4 Å². The molecule has 0 aromatic heterocycles. The Labute approximate surface area is 334 Å². The van der Waals surface area contributed by atoms with Crippen molar-refractivity contribution in [3.63, 3.8) is 0 Å². The Hall–Kier alpha value is -5.18. The van der Waals surface area contributed by atoms with Crippen molar-refractivity contribution in [3.8, 4) is 23.0 Å². The molecular weight excluding hydrogens is 734 g/mol. The van der Waals surface area contributed by atoms with Crippen LogP contribution in [0.25, 0.3) is 0 Å². The number of hydrogen-bond donors (Lipinski definition) is 1. The van der Waals surface area contributed by atoms with Gasteiger partial charge in [-0.2, -0.15) is 0 Å². The van der Waals surface area contributed by atoms with Gasteiger partial charge in [0.1, 0.15) is 23.0 Å². The van der Waals surface area contributed by atoms with Crippen LogP contribution >= 0.6 is 0 Å². The molecular formula is C44H53NO12. The molecule has 0 aliphatic carbocycles. The van der Waals surface area contributed by atoms with Crippen LogP contribution in [0, 0.1) is 0 Å². The number of hydrogen-bond acceptors (Lipinski definition) is 12. The summed E-state index contributed by atoms with van der Waals surface area (Å²) in [5.74, 6) is -0.118. The molecule has 0 spiro atoms. The highest BCUT2D eigenvalue weighted by Gasteiger charge is 2.55. The number of rotatable bonds is 21. The van der Waals surface area contributed by atoms with E-state index in [0.717, 1.165) is 33.8 Å². The summed E-state index contributed by atoms with van der Waals surface area (Å²) in [6.07, 6.45) is -2.13. The standard InChI is InChI=1S/C44H53NO12/c1-30(46)45-42-40(23-39(54-26-32-9-17-36(49-3)18-10-32)29-53-25-31-7-15-35(48-2)16-8-31)57-44(43(47)52-6,56-28-34-13-21-38(51-5)22-14-34)24-41(42)55-27-33-11-19-37(50-4)20-12-33/h7-22,39-42H,23-29H2,1-6H3,(H,45,46)/t39-,40-,41-,42-,44-/m0/s1. The zero-order valence-electron chi connectivity index (χ0n) is 33.4. The molecule has 5 rings (SSSR count). The molecule has 0 radical (unpaired) electrons. The van der Waals surface area contributed by atoms with E-state index in [-0.39, 0.29) is 45.2 Å². The molecule has 1 aliphatic heterocycles. The normalized spacial score (nSPS) is 19.6. The van der Waals surface area contributed by atoms with Crippen molar-refractivity contribution in [2.45, 2.75) is 76.3 Å². The van der Waals surface area contributed by atoms with Crippen molar-refractivity contribution in [3.05, 3.63) is 119 Å². The number of benzene rings is 4. The van der Waals surface area contributed by atoms with Crippen LogP contribution in [-0.4, -0.2) is 84.2 Å². The first kappa shape index (κ1) is 43.0. The topological polar surface area (TPSA) is 138 Å². The molecule has 1 N–H and O–H groups in total. The van der Waals surface area contributed by atoms with Crippen LogP contribution < -0.4 is 24.3 Å². The highest BCUT2D eigenvalue weighted by atomic mass is 16.7. The molecule has 5 atom stereocenters. The van der Waals surface area contributed by atoms with Crippen LogP contribution in [0.4, 0.5) is 0 Å². The summed E-state index contributed by atoms with van der Waals surface area (Å²) < 4.78 is 59.1. The minimum absolute atomic E-state index is 0.00415. The number of carbonyl (C=O) groups excluding carboxylic acids is 2. The summed E-state index contributed by atoms with van der Waals surface area (Å²) in [7, 11) is 7.69. The van der Waals surface area contributed by atoms with Gasteiger partial charge in [0.25, 0.3) is 5.79 Å². The Kier molecular flexibility index (Phi) is 16.1. The minimum Gasteiger partial charge on any atom is -0.497 e. The number of methoxy groups -OCH3 is 5. The molecule has 57 heavy (non-hydrogen) atoms. The largest absolute Gasteiger partial charge is 0.497 e. The summed E-state index contributed by atoms with van der Waals surface area (Å²) >= 11 is 0. The zero-order valence-corrected chi connectivity index (χ0v) is 33.4. The fraction of sp³-hybridized carbons (Fsp3) is 0.409. The van der Waals surface area contributed by atoms with E-state index in [1.165, 1.54) is 14.0 Å². The molecule has 13 nitrogen and oxygen atoms in total. The van der Waals surface area contributed by atoms with E-state index < -0.39 is 36.1 Å². The maximum atomic E-state index is 13.9. The molecule has 13 heteroatoms. The Morgan fingerprint density at radius 3 is 1.58 bits per heavy atom. The Bertz CT molecular complexity index is 1820. The highest BCUT2D eigenvalue weighted by molar-refractivity contribution is 5.78. The highest BCUT2D eigenvalue weighted by Crippen LogP contribution is 2.37. The van der Waals surface area contributed by atoms with Crippen molar-refractivity contribution in [1.82, 2.24) is 5.32 Å². The second kappa shape index (κ2) is 21.4. The summed E-state index contributed by atoms with van der Waals surface area (Å²) in [5.41, 5.74) is 3.48. The Balaban J connectivity index is 1.46. The molecule has 1 saturated heterocycles. The van der Waals surface area contributed by atoms with E-state index in [1.54, 1.807) is 40.6 Å². The number of amides is 1. The molecule has 306 valence electrons. The third-order valence-corrected chi connectivity index (χ3v) is 9.60. The van der Waals surface area contributed by atoms with Gasteiger partial charge in [-0.3, -0.25) is 4.79 Å². The predicted molar refractivity (Wildman–Crippen MR) is 210 cm³/mol. The van der Waals surface area contributed by atoms with Gasteiger partial charge < -0.3 is 52.7 Å².